The third kappa shape index (κ3) is 3.17. The number of ether oxygens (including phenoxy) is 2. The molecule has 136 valence electrons. The van der Waals surface area contributed by atoms with Gasteiger partial charge < -0.3 is 14.0 Å². The van der Waals surface area contributed by atoms with Gasteiger partial charge in [-0.2, -0.15) is 0 Å². The number of hydrogen-bond acceptors (Lipinski definition) is 4. The van der Waals surface area contributed by atoms with Crippen LogP contribution in [0.25, 0.3) is 22.3 Å². The highest BCUT2D eigenvalue weighted by molar-refractivity contribution is 6.36. The second kappa shape index (κ2) is 7.25. The van der Waals surface area contributed by atoms with Crippen molar-refractivity contribution in [2.75, 3.05) is 20.3 Å². The van der Waals surface area contributed by atoms with Crippen molar-refractivity contribution in [1.29, 1.82) is 0 Å². The number of pyridine rings is 1. The second-order valence-electron chi connectivity index (χ2n) is 6.77. The first-order chi connectivity index (χ1) is 12.7. The van der Waals surface area contributed by atoms with E-state index < -0.39 is 0 Å². The largest absolute Gasteiger partial charge is 0.481 e. The zero-order valence-corrected chi connectivity index (χ0v) is 15.8. The number of aromatic nitrogens is 3. The molecule has 1 aliphatic rings. The summed E-state index contributed by atoms with van der Waals surface area (Å²) >= 11 is 6.84. The van der Waals surface area contributed by atoms with Gasteiger partial charge in [0.15, 0.2) is 0 Å². The van der Waals surface area contributed by atoms with Crippen molar-refractivity contribution in [2.24, 2.45) is 13.0 Å². The van der Waals surface area contributed by atoms with Gasteiger partial charge in [0.25, 0.3) is 0 Å². The van der Waals surface area contributed by atoms with Gasteiger partial charge in [0, 0.05) is 49.2 Å². The maximum Gasteiger partial charge on any atom is 0.218 e. The van der Waals surface area contributed by atoms with Crippen molar-refractivity contribution in [3.8, 4) is 17.3 Å². The molecule has 1 aromatic carbocycles. The SMILES string of the molecule is COc1nc2ccc(-c3nccn3C)cc2c(Cl)c1CC1CCOCC1. The second-order valence-corrected chi connectivity index (χ2v) is 7.15. The zero-order valence-electron chi connectivity index (χ0n) is 15.0. The number of benzene rings is 1. The van der Waals surface area contributed by atoms with E-state index in [1.54, 1.807) is 13.3 Å². The van der Waals surface area contributed by atoms with Crippen LogP contribution in [0.5, 0.6) is 5.88 Å². The number of methoxy groups -OCH3 is 1. The Balaban J connectivity index is 1.79. The standard InChI is InChI=1S/C20H22ClN3O2/c1-24-8-7-22-19(24)14-3-4-17-15(12-14)18(21)16(20(23-17)25-2)11-13-5-9-26-10-6-13/h3-4,7-8,12-13H,5-6,9-11H2,1-2H3. The van der Waals surface area contributed by atoms with Gasteiger partial charge >= 0.3 is 0 Å². The van der Waals surface area contributed by atoms with Crippen LogP contribution in [0.1, 0.15) is 18.4 Å². The summed E-state index contributed by atoms with van der Waals surface area (Å²) in [6.45, 7) is 1.63. The lowest BCUT2D eigenvalue weighted by Crippen LogP contribution is -2.18. The van der Waals surface area contributed by atoms with E-state index in [0.29, 0.717) is 11.8 Å². The molecule has 1 saturated heterocycles. The van der Waals surface area contributed by atoms with Crippen molar-refractivity contribution in [2.45, 2.75) is 19.3 Å². The number of nitrogens with zero attached hydrogens (tertiary/aromatic N) is 3. The highest BCUT2D eigenvalue weighted by Crippen LogP contribution is 2.37. The minimum Gasteiger partial charge on any atom is -0.481 e. The third-order valence-corrected chi connectivity index (χ3v) is 5.52. The molecule has 3 heterocycles. The van der Waals surface area contributed by atoms with Gasteiger partial charge in [0.05, 0.1) is 17.6 Å². The van der Waals surface area contributed by atoms with Crippen molar-refractivity contribution < 1.29 is 9.47 Å². The minimum atomic E-state index is 0.548. The van der Waals surface area contributed by atoms with Gasteiger partial charge in [-0.3, -0.25) is 0 Å². The molecule has 0 aliphatic carbocycles. The summed E-state index contributed by atoms with van der Waals surface area (Å²) in [5.74, 6) is 2.08. The molecule has 3 aromatic rings. The Kier molecular flexibility index (Phi) is 4.83. The molecule has 0 amide bonds. The number of rotatable bonds is 4. The van der Waals surface area contributed by atoms with Crippen LogP contribution in [0.2, 0.25) is 5.02 Å². The van der Waals surface area contributed by atoms with Gasteiger partial charge in [-0.25, -0.2) is 9.97 Å². The van der Waals surface area contributed by atoms with Crippen LogP contribution in [-0.4, -0.2) is 34.9 Å². The number of aryl methyl sites for hydroxylation is 1. The topological polar surface area (TPSA) is 49.2 Å². The molecule has 1 fully saturated rings. The average molecular weight is 372 g/mol. The summed E-state index contributed by atoms with van der Waals surface area (Å²) in [4.78, 5) is 9.13. The predicted molar refractivity (Wildman–Crippen MR) is 103 cm³/mol. The molecular formula is C20H22ClN3O2. The average Bonchev–Trinajstić information content (AvgIpc) is 3.10. The molecule has 2 aromatic heterocycles. The first kappa shape index (κ1) is 17.3. The van der Waals surface area contributed by atoms with Gasteiger partial charge in [-0.05, 0) is 43.4 Å². The first-order valence-electron chi connectivity index (χ1n) is 8.89. The van der Waals surface area contributed by atoms with Crippen LogP contribution >= 0.6 is 11.6 Å². The van der Waals surface area contributed by atoms with Gasteiger partial charge in [0.2, 0.25) is 5.88 Å². The molecule has 0 unspecified atom stereocenters. The fraction of sp³-hybridized carbons (Fsp3) is 0.400. The minimum absolute atomic E-state index is 0.548. The Morgan fingerprint density at radius 2 is 2.12 bits per heavy atom. The fourth-order valence-electron chi connectivity index (χ4n) is 3.61. The molecule has 0 saturated carbocycles. The van der Waals surface area contributed by atoms with Gasteiger partial charge in [-0.1, -0.05) is 11.6 Å². The quantitative estimate of drug-likeness (QED) is 0.687. The smallest absolute Gasteiger partial charge is 0.218 e. The van der Waals surface area contributed by atoms with Crippen molar-refractivity contribution in [3.63, 3.8) is 0 Å². The van der Waals surface area contributed by atoms with E-state index in [-0.39, 0.29) is 0 Å². The highest BCUT2D eigenvalue weighted by Gasteiger charge is 2.21. The molecule has 0 N–H and O–H groups in total. The molecule has 4 rings (SSSR count). The highest BCUT2D eigenvalue weighted by atomic mass is 35.5. The molecule has 1 aliphatic heterocycles. The first-order valence-corrected chi connectivity index (χ1v) is 9.26. The maximum atomic E-state index is 6.84. The molecule has 0 atom stereocenters. The Morgan fingerprint density at radius 1 is 1.31 bits per heavy atom. The van der Waals surface area contributed by atoms with E-state index in [2.05, 4.69) is 11.1 Å². The normalized spacial score (nSPS) is 15.5. The monoisotopic (exact) mass is 371 g/mol. The molecule has 26 heavy (non-hydrogen) atoms. The van der Waals surface area contributed by atoms with Crippen molar-refractivity contribution in [3.05, 3.63) is 41.2 Å². The molecule has 0 spiro atoms. The number of imidazole rings is 1. The summed E-state index contributed by atoms with van der Waals surface area (Å²) in [5.41, 5.74) is 2.85. The van der Waals surface area contributed by atoms with Crippen LogP contribution in [0.15, 0.2) is 30.6 Å². The van der Waals surface area contributed by atoms with Crippen LogP contribution < -0.4 is 4.74 Å². The van der Waals surface area contributed by atoms with E-state index in [9.17, 15) is 0 Å². The molecule has 0 radical (unpaired) electrons. The Hall–Kier alpha value is -2.11. The van der Waals surface area contributed by atoms with Crippen LogP contribution in [0.4, 0.5) is 0 Å². The van der Waals surface area contributed by atoms with Crippen LogP contribution in [0.3, 0.4) is 0 Å². The van der Waals surface area contributed by atoms with E-state index >= 15 is 0 Å². The van der Waals surface area contributed by atoms with Gasteiger partial charge in [-0.15, -0.1) is 0 Å². The lowest BCUT2D eigenvalue weighted by atomic mass is 9.92. The zero-order chi connectivity index (χ0) is 18.1. The summed E-state index contributed by atoms with van der Waals surface area (Å²) in [6.07, 6.45) is 6.69. The third-order valence-electron chi connectivity index (χ3n) is 5.08. The van der Waals surface area contributed by atoms with E-state index in [0.717, 1.165) is 65.4 Å². The predicted octanol–water partition coefficient (Wildman–Crippen LogP) is 4.27. The number of fused-ring (bicyclic) bond motifs is 1. The summed E-state index contributed by atoms with van der Waals surface area (Å²) < 4.78 is 13.0. The lowest BCUT2D eigenvalue weighted by molar-refractivity contribution is 0.0663. The number of halogens is 1. The van der Waals surface area contributed by atoms with Crippen molar-refractivity contribution >= 4 is 22.5 Å². The fourth-order valence-corrected chi connectivity index (χ4v) is 3.92. The molecule has 6 heteroatoms. The Morgan fingerprint density at radius 3 is 2.81 bits per heavy atom. The van der Waals surface area contributed by atoms with E-state index in [1.807, 2.05) is 29.9 Å². The molecule has 5 nitrogen and oxygen atoms in total. The van der Waals surface area contributed by atoms with Crippen molar-refractivity contribution in [1.82, 2.24) is 14.5 Å². The summed E-state index contributed by atoms with van der Waals surface area (Å²) in [5, 5.41) is 1.67. The van der Waals surface area contributed by atoms with E-state index in [4.69, 9.17) is 26.1 Å². The molecule has 0 bridgehead atoms. The van der Waals surface area contributed by atoms with Gasteiger partial charge in [0.1, 0.15) is 5.82 Å². The Bertz CT molecular complexity index is 932. The van der Waals surface area contributed by atoms with E-state index in [1.165, 1.54) is 0 Å². The maximum absolute atomic E-state index is 6.84. The molecular weight excluding hydrogens is 350 g/mol. The lowest BCUT2D eigenvalue weighted by Gasteiger charge is -2.23. The Labute approximate surface area is 157 Å². The van der Waals surface area contributed by atoms with Crippen LogP contribution in [-0.2, 0) is 18.2 Å². The number of hydrogen-bond donors (Lipinski definition) is 0. The van der Waals surface area contributed by atoms with Crippen LogP contribution in [0, 0.1) is 5.92 Å². The summed E-state index contributed by atoms with van der Waals surface area (Å²) in [6, 6.07) is 6.07. The summed E-state index contributed by atoms with van der Waals surface area (Å²) in [7, 11) is 3.64.